The fourth-order valence-corrected chi connectivity index (χ4v) is 2.94. The van der Waals surface area contributed by atoms with Gasteiger partial charge in [0.15, 0.2) is 5.76 Å². The van der Waals surface area contributed by atoms with Gasteiger partial charge in [-0.3, -0.25) is 0 Å². The van der Waals surface area contributed by atoms with Crippen LogP contribution in [0.3, 0.4) is 0 Å². The number of hydrogen-bond acceptors (Lipinski definition) is 6. The normalized spacial score (nSPS) is 10.9. The van der Waals surface area contributed by atoms with E-state index in [2.05, 4.69) is 10.1 Å². The minimum absolute atomic E-state index is 0.284. The summed E-state index contributed by atoms with van der Waals surface area (Å²) in [6.07, 6.45) is 0. The third-order valence-corrected chi connectivity index (χ3v) is 4.32. The van der Waals surface area contributed by atoms with Crippen molar-refractivity contribution in [2.75, 3.05) is 0 Å². The fourth-order valence-electron chi connectivity index (χ4n) is 2.11. The molecule has 4 rings (SSSR count). The molecule has 0 aliphatic carbocycles. The monoisotopic (exact) mass is 358 g/mol. The van der Waals surface area contributed by atoms with Crippen molar-refractivity contribution >= 4 is 22.9 Å². The van der Waals surface area contributed by atoms with E-state index >= 15 is 0 Å². The summed E-state index contributed by atoms with van der Waals surface area (Å²) in [6.45, 7) is 0.284. The van der Waals surface area contributed by atoms with Crippen molar-refractivity contribution in [3.8, 4) is 28.1 Å². The smallest absolute Gasteiger partial charge is 0.293 e. The number of nitrogens with zero attached hydrogens (tertiary/aromatic N) is 2. The first-order chi connectivity index (χ1) is 11.8. The zero-order valence-corrected chi connectivity index (χ0v) is 13.9. The zero-order chi connectivity index (χ0) is 16.4. The Morgan fingerprint density at radius 1 is 1.12 bits per heavy atom. The predicted octanol–water partition coefficient (Wildman–Crippen LogP) is 5.29. The van der Waals surface area contributed by atoms with Crippen LogP contribution in [-0.2, 0) is 6.61 Å². The van der Waals surface area contributed by atoms with E-state index in [1.807, 2.05) is 35.7 Å². The minimum Gasteiger partial charge on any atom is -0.486 e. The van der Waals surface area contributed by atoms with Crippen molar-refractivity contribution in [2.24, 2.45) is 0 Å². The van der Waals surface area contributed by atoms with E-state index < -0.39 is 0 Å². The van der Waals surface area contributed by atoms with Crippen LogP contribution in [0.4, 0.5) is 0 Å². The second kappa shape index (κ2) is 6.51. The molecule has 1 aromatic carbocycles. The second-order valence-electron chi connectivity index (χ2n) is 4.91. The summed E-state index contributed by atoms with van der Waals surface area (Å²) >= 11 is 7.48. The van der Waals surface area contributed by atoms with Crippen LogP contribution in [-0.4, -0.2) is 10.1 Å². The molecule has 0 fully saturated rings. The quantitative estimate of drug-likeness (QED) is 0.485. The molecular formula is C17H11ClN2O3S. The molecule has 3 heterocycles. The Morgan fingerprint density at radius 3 is 2.92 bits per heavy atom. The van der Waals surface area contributed by atoms with Gasteiger partial charge in [-0.05, 0) is 41.8 Å². The van der Waals surface area contributed by atoms with Gasteiger partial charge in [0.1, 0.15) is 18.1 Å². The van der Waals surface area contributed by atoms with E-state index in [0.29, 0.717) is 34.0 Å². The first-order valence-corrected chi connectivity index (χ1v) is 8.39. The number of benzene rings is 1. The Kier molecular flexibility index (Phi) is 4.06. The summed E-state index contributed by atoms with van der Waals surface area (Å²) in [7, 11) is 0. The van der Waals surface area contributed by atoms with Gasteiger partial charge in [-0.1, -0.05) is 28.9 Å². The maximum Gasteiger partial charge on any atom is 0.293 e. The first kappa shape index (κ1) is 15.0. The van der Waals surface area contributed by atoms with Crippen molar-refractivity contribution in [2.45, 2.75) is 6.61 Å². The van der Waals surface area contributed by atoms with Gasteiger partial charge in [0.2, 0.25) is 5.82 Å². The van der Waals surface area contributed by atoms with E-state index in [0.717, 1.165) is 4.88 Å². The van der Waals surface area contributed by atoms with E-state index in [1.165, 1.54) is 0 Å². The molecule has 0 aliphatic rings. The molecule has 0 bridgehead atoms. The lowest BCUT2D eigenvalue weighted by atomic mass is 10.3. The predicted molar refractivity (Wildman–Crippen MR) is 91.1 cm³/mol. The molecule has 0 saturated heterocycles. The van der Waals surface area contributed by atoms with Crippen molar-refractivity contribution in [3.63, 3.8) is 0 Å². The highest BCUT2D eigenvalue weighted by Gasteiger charge is 2.15. The summed E-state index contributed by atoms with van der Waals surface area (Å²) in [4.78, 5) is 5.29. The number of ether oxygens (including phenoxy) is 1. The maximum atomic E-state index is 5.93. The molecule has 5 nitrogen and oxygen atoms in total. The third kappa shape index (κ3) is 3.20. The highest BCUT2D eigenvalue weighted by Crippen LogP contribution is 2.27. The van der Waals surface area contributed by atoms with E-state index in [4.69, 9.17) is 25.3 Å². The van der Waals surface area contributed by atoms with Gasteiger partial charge in [-0.2, -0.15) is 4.98 Å². The summed E-state index contributed by atoms with van der Waals surface area (Å²) in [6, 6.07) is 14.7. The number of hydrogen-bond donors (Lipinski definition) is 0. The van der Waals surface area contributed by atoms with Crippen LogP contribution in [0.2, 0.25) is 5.02 Å². The van der Waals surface area contributed by atoms with Crippen LogP contribution in [0.1, 0.15) is 5.76 Å². The van der Waals surface area contributed by atoms with E-state index in [1.54, 1.807) is 29.5 Å². The molecule has 7 heteroatoms. The van der Waals surface area contributed by atoms with Gasteiger partial charge >= 0.3 is 0 Å². The summed E-state index contributed by atoms with van der Waals surface area (Å²) in [5.74, 6) is 2.73. The Bertz CT molecular complexity index is 946. The van der Waals surface area contributed by atoms with Crippen molar-refractivity contribution in [1.29, 1.82) is 0 Å². The van der Waals surface area contributed by atoms with Gasteiger partial charge in [-0.25, -0.2) is 0 Å². The first-order valence-electron chi connectivity index (χ1n) is 7.13. The molecule has 0 spiro atoms. The Morgan fingerprint density at radius 2 is 2.08 bits per heavy atom. The molecule has 24 heavy (non-hydrogen) atoms. The SMILES string of the molecule is Clc1cccc(OCc2ccc(-c3nc(-c4cccs4)no3)o2)c1. The Labute approximate surface area is 146 Å². The number of thiophene rings is 1. The standard InChI is InChI=1S/C17H11ClN2O3S/c18-11-3-1-4-12(9-11)21-10-13-6-7-14(22-13)17-19-16(20-23-17)15-5-2-8-24-15/h1-9H,10H2. The molecule has 0 amide bonds. The van der Waals surface area contributed by atoms with Crippen molar-refractivity contribution < 1.29 is 13.7 Å². The number of aromatic nitrogens is 2. The lowest BCUT2D eigenvalue weighted by molar-refractivity contribution is 0.270. The molecule has 0 N–H and O–H groups in total. The van der Waals surface area contributed by atoms with Gasteiger partial charge in [0.25, 0.3) is 5.89 Å². The van der Waals surface area contributed by atoms with Gasteiger partial charge < -0.3 is 13.7 Å². The largest absolute Gasteiger partial charge is 0.486 e. The van der Waals surface area contributed by atoms with Gasteiger partial charge in [-0.15, -0.1) is 11.3 Å². The molecule has 3 aromatic heterocycles. The van der Waals surface area contributed by atoms with Crippen LogP contribution in [0.15, 0.2) is 62.9 Å². The summed E-state index contributed by atoms with van der Waals surface area (Å²) in [5, 5.41) is 6.55. The van der Waals surface area contributed by atoms with Crippen LogP contribution >= 0.6 is 22.9 Å². The Hall–Kier alpha value is -2.57. The van der Waals surface area contributed by atoms with Gasteiger partial charge in [0, 0.05) is 5.02 Å². The fraction of sp³-hybridized carbons (Fsp3) is 0.0588. The average molecular weight is 359 g/mol. The van der Waals surface area contributed by atoms with Crippen LogP contribution in [0.5, 0.6) is 5.75 Å². The van der Waals surface area contributed by atoms with Crippen molar-refractivity contribution in [1.82, 2.24) is 10.1 Å². The molecule has 120 valence electrons. The maximum absolute atomic E-state index is 5.93. The molecule has 0 aliphatic heterocycles. The molecular weight excluding hydrogens is 348 g/mol. The average Bonchev–Trinajstić information content (AvgIpc) is 3.32. The van der Waals surface area contributed by atoms with Crippen LogP contribution in [0.25, 0.3) is 22.4 Å². The zero-order valence-electron chi connectivity index (χ0n) is 12.3. The molecule has 4 aromatic rings. The van der Waals surface area contributed by atoms with E-state index in [9.17, 15) is 0 Å². The number of halogens is 1. The Balaban J connectivity index is 1.47. The molecule has 0 saturated carbocycles. The number of furan rings is 1. The lowest BCUT2D eigenvalue weighted by Crippen LogP contribution is -1.93. The molecule has 0 unspecified atom stereocenters. The molecule has 0 atom stereocenters. The van der Waals surface area contributed by atoms with E-state index in [-0.39, 0.29) is 6.61 Å². The van der Waals surface area contributed by atoms with Crippen LogP contribution < -0.4 is 4.74 Å². The highest BCUT2D eigenvalue weighted by molar-refractivity contribution is 7.13. The number of rotatable bonds is 5. The van der Waals surface area contributed by atoms with Gasteiger partial charge in [0.05, 0.1) is 4.88 Å². The molecule has 0 radical (unpaired) electrons. The topological polar surface area (TPSA) is 61.3 Å². The summed E-state index contributed by atoms with van der Waals surface area (Å²) < 4.78 is 16.6. The lowest BCUT2D eigenvalue weighted by Gasteiger charge is -2.03. The van der Waals surface area contributed by atoms with Crippen molar-refractivity contribution in [3.05, 3.63) is 64.7 Å². The summed E-state index contributed by atoms with van der Waals surface area (Å²) in [5.41, 5.74) is 0. The second-order valence-corrected chi connectivity index (χ2v) is 6.30. The minimum atomic E-state index is 0.284. The van der Waals surface area contributed by atoms with Crippen LogP contribution in [0, 0.1) is 0 Å². The third-order valence-electron chi connectivity index (χ3n) is 3.22. The highest BCUT2D eigenvalue weighted by atomic mass is 35.5.